The van der Waals surface area contributed by atoms with Crippen LogP contribution < -0.4 is 10.6 Å². The van der Waals surface area contributed by atoms with Crippen LogP contribution in [-0.4, -0.2) is 49.4 Å². The quantitative estimate of drug-likeness (QED) is 0.378. The number of hydrogen-bond acceptors (Lipinski definition) is 3. The van der Waals surface area contributed by atoms with Gasteiger partial charge in [-0.2, -0.15) is 0 Å². The third kappa shape index (κ3) is 7.54. The molecule has 0 aliphatic rings. The van der Waals surface area contributed by atoms with Crippen LogP contribution in [0.5, 0.6) is 0 Å². The molecule has 0 aliphatic carbocycles. The molecule has 1 aromatic heterocycles. The second-order valence-electron chi connectivity index (χ2n) is 6.27. The molecule has 7 heteroatoms. The number of amides is 1. The lowest BCUT2D eigenvalue weighted by molar-refractivity contribution is 0.0827. The van der Waals surface area contributed by atoms with E-state index in [9.17, 15) is 4.79 Å². The van der Waals surface area contributed by atoms with Crippen LogP contribution in [0.15, 0.2) is 47.5 Å². The summed E-state index contributed by atoms with van der Waals surface area (Å²) in [5.74, 6) is 0.747. The molecule has 1 aromatic carbocycles. The van der Waals surface area contributed by atoms with Crippen LogP contribution in [0.2, 0.25) is 0 Å². The molecule has 0 radical (unpaired) electrons. The predicted octanol–water partition coefficient (Wildman–Crippen LogP) is 2.62. The Kier molecular flexibility index (Phi) is 9.77. The van der Waals surface area contributed by atoms with Gasteiger partial charge in [0.15, 0.2) is 5.96 Å². The lowest BCUT2D eigenvalue weighted by atomic mass is 10.1. The summed E-state index contributed by atoms with van der Waals surface area (Å²) in [5.41, 5.74) is 3.80. The number of halogens is 1. The second-order valence-corrected chi connectivity index (χ2v) is 6.27. The number of carbonyl (C=O) groups is 1. The van der Waals surface area contributed by atoms with Crippen molar-refractivity contribution >= 4 is 35.8 Å². The third-order valence-electron chi connectivity index (χ3n) is 3.89. The van der Waals surface area contributed by atoms with Gasteiger partial charge in [0.2, 0.25) is 0 Å². The number of aliphatic imine (C=N–C) groups is 1. The van der Waals surface area contributed by atoms with E-state index in [2.05, 4.69) is 20.6 Å². The SMILES string of the molecule is CN=C(NCCc1cccc(C(=O)N(C)C)c1)NCc1cccc(C)n1.I. The number of carbonyl (C=O) groups excluding carboxylic acids is 1. The molecule has 1 heterocycles. The molecule has 27 heavy (non-hydrogen) atoms. The average Bonchev–Trinajstić information content (AvgIpc) is 2.64. The van der Waals surface area contributed by atoms with Crippen molar-refractivity contribution in [2.45, 2.75) is 19.9 Å². The molecule has 0 bridgehead atoms. The molecular formula is C20H28IN5O. The fourth-order valence-electron chi connectivity index (χ4n) is 2.54. The van der Waals surface area contributed by atoms with Crippen molar-refractivity contribution in [3.63, 3.8) is 0 Å². The van der Waals surface area contributed by atoms with Gasteiger partial charge in [-0.1, -0.05) is 18.2 Å². The first kappa shape index (κ1) is 22.9. The monoisotopic (exact) mass is 481 g/mol. The molecular weight excluding hydrogens is 453 g/mol. The topological polar surface area (TPSA) is 69.6 Å². The highest BCUT2D eigenvalue weighted by Gasteiger charge is 2.08. The van der Waals surface area contributed by atoms with E-state index >= 15 is 0 Å². The second kappa shape index (κ2) is 11.5. The van der Waals surface area contributed by atoms with Crippen LogP contribution in [0.25, 0.3) is 0 Å². The summed E-state index contributed by atoms with van der Waals surface area (Å²) < 4.78 is 0. The van der Waals surface area contributed by atoms with Crippen molar-refractivity contribution in [3.05, 3.63) is 65.0 Å². The first-order chi connectivity index (χ1) is 12.5. The van der Waals surface area contributed by atoms with E-state index in [0.717, 1.165) is 35.9 Å². The van der Waals surface area contributed by atoms with E-state index in [0.29, 0.717) is 12.1 Å². The maximum Gasteiger partial charge on any atom is 0.253 e. The number of aryl methyl sites for hydroxylation is 1. The van der Waals surface area contributed by atoms with Crippen LogP contribution in [0.1, 0.15) is 27.3 Å². The highest BCUT2D eigenvalue weighted by atomic mass is 127. The summed E-state index contributed by atoms with van der Waals surface area (Å²) >= 11 is 0. The zero-order valence-electron chi connectivity index (χ0n) is 16.3. The Morgan fingerprint density at radius 2 is 1.89 bits per heavy atom. The first-order valence-corrected chi connectivity index (χ1v) is 8.67. The number of benzene rings is 1. The van der Waals surface area contributed by atoms with Gasteiger partial charge in [0.05, 0.1) is 12.2 Å². The van der Waals surface area contributed by atoms with E-state index < -0.39 is 0 Å². The Bertz CT molecular complexity index is 776. The van der Waals surface area contributed by atoms with E-state index in [1.807, 2.05) is 49.4 Å². The van der Waals surface area contributed by atoms with Crippen molar-refractivity contribution in [3.8, 4) is 0 Å². The summed E-state index contributed by atoms with van der Waals surface area (Å²) in [7, 11) is 5.26. The largest absolute Gasteiger partial charge is 0.356 e. The van der Waals surface area contributed by atoms with Crippen LogP contribution in [-0.2, 0) is 13.0 Å². The number of rotatable bonds is 6. The molecule has 0 spiro atoms. The molecule has 2 aromatic rings. The fraction of sp³-hybridized carbons (Fsp3) is 0.350. The number of hydrogen-bond donors (Lipinski definition) is 2. The molecule has 0 saturated heterocycles. The van der Waals surface area contributed by atoms with E-state index in [-0.39, 0.29) is 29.9 Å². The Hall–Kier alpha value is -2.16. The van der Waals surface area contributed by atoms with Crippen molar-refractivity contribution in [1.29, 1.82) is 0 Å². The molecule has 2 rings (SSSR count). The highest BCUT2D eigenvalue weighted by Crippen LogP contribution is 2.07. The van der Waals surface area contributed by atoms with Gasteiger partial charge in [-0.3, -0.25) is 14.8 Å². The summed E-state index contributed by atoms with van der Waals surface area (Å²) in [4.78, 5) is 22.3. The van der Waals surface area contributed by atoms with Crippen molar-refractivity contribution in [1.82, 2.24) is 20.5 Å². The molecule has 0 aliphatic heterocycles. The Morgan fingerprint density at radius 1 is 1.15 bits per heavy atom. The zero-order chi connectivity index (χ0) is 18.9. The molecule has 2 N–H and O–H groups in total. The van der Waals surface area contributed by atoms with Crippen LogP contribution in [0.4, 0.5) is 0 Å². The van der Waals surface area contributed by atoms with Gasteiger partial charge in [0, 0.05) is 38.9 Å². The van der Waals surface area contributed by atoms with Gasteiger partial charge in [0.1, 0.15) is 0 Å². The fourth-order valence-corrected chi connectivity index (χ4v) is 2.54. The summed E-state index contributed by atoms with van der Waals surface area (Å²) in [6, 6.07) is 13.7. The molecule has 0 atom stereocenters. The average molecular weight is 481 g/mol. The molecule has 0 unspecified atom stereocenters. The van der Waals surface area contributed by atoms with Gasteiger partial charge >= 0.3 is 0 Å². The Labute approximate surface area is 178 Å². The van der Waals surface area contributed by atoms with Crippen molar-refractivity contribution in [2.24, 2.45) is 4.99 Å². The summed E-state index contributed by atoms with van der Waals surface area (Å²) in [6.07, 6.45) is 0.804. The molecule has 0 saturated carbocycles. The molecule has 146 valence electrons. The minimum absolute atomic E-state index is 0. The summed E-state index contributed by atoms with van der Waals surface area (Å²) in [5, 5.41) is 6.55. The van der Waals surface area contributed by atoms with Crippen LogP contribution in [0, 0.1) is 6.92 Å². The highest BCUT2D eigenvalue weighted by molar-refractivity contribution is 14.0. The molecule has 6 nitrogen and oxygen atoms in total. The molecule has 0 fully saturated rings. The van der Waals surface area contributed by atoms with Gasteiger partial charge in [0.25, 0.3) is 5.91 Å². The van der Waals surface area contributed by atoms with Crippen molar-refractivity contribution in [2.75, 3.05) is 27.7 Å². The van der Waals surface area contributed by atoms with Gasteiger partial charge < -0.3 is 15.5 Å². The van der Waals surface area contributed by atoms with Gasteiger partial charge in [-0.15, -0.1) is 24.0 Å². The first-order valence-electron chi connectivity index (χ1n) is 8.67. The van der Waals surface area contributed by atoms with Crippen LogP contribution in [0.3, 0.4) is 0 Å². The number of aromatic nitrogens is 1. The zero-order valence-corrected chi connectivity index (χ0v) is 18.7. The number of guanidine groups is 1. The number of nitrogens with one attached hydrogen (secondary N) is 2. The van der Waals surface area contributed by atoms with Gasteiger partial charge in [-0.05, 0) is 43.2 Å². The standard InChI is InChI=1S/C20H27N5O.HI/c1-15-7-5-10-18(24-15)14-23-20(21-2)22-12-11-16-8-6-9-17(13-16)19(26)25(3)4;/h5-10,13H,11-12,14H2,1-4H3,(H2,21,22,23);1H. The van der Waals surface area contributed by atoms with E-state index in [1.54, 1.807) is 26.0 Å². The Morgan fingerprint density at radius 3 is 2.56 bits per heavy atom. The van der Waals surface area contributed by atoms with Crippen molar-refractivity contribution < 1.29 is 4.79 Å². The maximum absolute atomic E-state index is 12.0. The van der Waals surface area contributed by atoms with Crippen LogP contribution >= 0.6 is 24.0 Å². The normalized spacial score (nSPS) is 10.7. The van der Waals surface area contributed by atoms with Gasteiger partial charge in [-0.25, -0.2) is 0 Å². The minimum Gasteiger partial charge on any atom is -0.356 e. The van der Waals surface area contributed by atoms with E-state index in [4.69, 9.17) is 0 Å². The minimum atomic E-state index is 0. The third-order valence-corrected chi connectivity index (χ3v) is 3.89. The lowest BCUT2D eigenvalue weighted by Gasteiger charge is -2.13. The Balaban J connectivity index is 0.00000364. The number of pyridine rings is 1. The predicted molar refractivity (Wildman–Crippen MR) is 121 cm³/mol. The smallest absolute Gasteiger partial charge is 0.253 e. The van der Waals surface area contributed by atoms with E-state index in [1.165, 1.54) is 0 Å². The molecule has 1 amide bonds. The summed E-state index contributed by atoms with van der Waals surface area (Å²) in [6.45, 7) is 3.32. The number of nitrogens with zero attached hydrogens (tertiary/aromatic N) is 3. The maximum atomic E-state index is 12.0. The lowest BCUT2D eigenvalue weighted by Crippen LogP contribution is -2.38.